The Balaban J connectivity index is 1.61. The Bertz CT molecular complexity index is 1300. The third-order valence-electron chi connectivity index (χ3n) is 8.60. The molecule has 4 rings (SSSR count). The van der Waals surface area contributed by atoms with E-state index in [4.69, 9.17) is 23.7 Å². The molecule has 11 heteroatoms. The van der Waals surface area contributed by atoms with E-state index in [-0.39, 0.29) is 25.9 Å². The number of aliphatic carboxylic acids is 1. The minimum absolute atomic E-state index is 0.00375. The number of carboxylic acids is 1. The molecule has 0 bridgehead atoms. The van der Waals surface area contributed by atoms with E-state index in [9.17, 15) is 14.7 Å². The number of para-hydroxylation sites is 2. The summed E-state index contributed by atoms with van der Waals surface area (Å²) in [6.07, 6.45) is 3.84. The molecule has 0 spiro atoms. The fraction of sp³-hybridized carbons (Fsp3) is 0.588. The molecule has 248 valence electrons. The van der Waals surface area contributed by atoms with Crippen LogP contribution in [0, 0.1) is 5.92 Å². The van der Waals surface area contributed by atoms with Crippen LogP contribution in [0.3, 0.4) is 0 Å². The first-order valence-corrected chi connectivity index (χ1v) is 15.8. The second kappa shape index (κ2) is 15.5. The van der Waals surface area contributed by atoms with E-state index in [1.165, 1.54) is 0 Å². The van der Waals surface area contributed by atoms with Crippen LogP contribution in [0.1, 0.15) is 44.1 Å². The molecule has 0 aromatic heterocycles. The number of carbonyl (C=O) groups excluding carboxylic acids is 1. The van der Waals surface area contributed by atoms with Crippen molar-refractivity contribution in [3.05, 3.63) is 42.0 Å². The van der Waals surface area contributed by atoms with E-state index in [0.29, 0.717) is 48.4 Å². The number of ether oxygens (including phenoxy) is 5. The van der Waals surface area contributed by atoms with Gasteiger partial charge in [-0.05, 0) is 49.1 Å². The average molecular weight is 629 g/mol. The fourth-order valence-corrected chi connectivity index (χ4v) is 6.19. The van der Waals surface area contributed by atoms with Crippen molar-refractivity contribution in [3.63, 3.8) is 0 Å². The largest absolute Gasteiger partial charge is 0.493 e. The molecule has 1 saturated heterocycles. The monoisotopic (exact) mass is 628 g/mol. The third-order valence-corrected chi connectivity index (χ3v) is 8.60. The predicted octanol–water partition coefficient (Wildman–Crippen LogP) is 4.10. The number of hydrogen-bond acceptors (Lipinski definition) is 8. The van der Waals surface area contributed by atoms with E-state index < -0.39 is 23.8 Å². The Morgan fingerprint density at radius 3 is 2.38 bits per heavy atom. The molecule has 1 fully saturated rings. The highest BCUT2D eigenvalue weighted by atomic mass is 16.7. The molecule has 45 heavy (non-hydrogen) atoms. The van der Waals surface area contributed by atoms with Gasteiger partial charge in [0, 0.05) is 25.6 Å². The molecule has 0 saturated carbocycles. The standard InChI is InChI=1S/C34H49N3O8/c1-7-8-15-35(16-11-12-17-37(2,3)4)31(38)21-36-20-25(24-18-29(42-6)33-30(19-24)44-23-45-33)32(34(39)40)26(36)22-43-28-14-10-9-13-27(28)41-5/h9-10,13-14,18-19,25-26,32H,7-8,11-12,15-17,20-23H2,1-6H3/p+1. The highest BCUT2D eigenvalue weighted by Gasteiger charge is 2.48. The Morgan fingerprint density at radius 1 is 1.00 bits per heavy atom. The summed E-state index contributed by atoms with van der Waals surface area (Å²) in [4.78, 5) is 30.8. The van der Waals surface area contributed by atoms with Gasteiger partial charge in [-0.3, -0.25) is 14.5 Å². The molecule has 3 atom stereocenters. The van der Waals surface area contributed by atoms with Gasteiger partial charge in [-0.1, -0.05) is 25.5 Å². The lowest BCUT2D eigenvalue weighted by atomic mass is 9.85. The Kier molecular flexibility index (Phi) is 11.8. The van der Waals surface area contributed by atoms with Gasteiger partial charge in [-0.15, -0.1) is 0 Å². The molecule has 2 aromatic rings. The fourth-order valence-electron chi connectivity index (χ4n) is 6.19. The number of hydrogen-bond donors (Lipinski definition) is 1. The van der Waals surface area contributed by atoms with Crippen molar-refractivity contribution in [2.45, 2.75) is 44.6 Å². The number of rotatable bonds is 17. The number of amides is 1. The third kappa shape index (κ3) is 8.73. The molecule has 3 unspecified atom stereocenters. The van der Waals surface area contributed by atoms with Gasteiger partial charge in [-0.25, -0.2) is 0 Å². The van der Waals surface area contributed by atoms with Crippen LogP contribution in [-0.2, 0) is 9.59 Å². The summed E-state index contributed by atoms with van der Waals surface area (Å²) in [7, 11) is 9.63. The molecule has 11 nitrogen and oxygen atoms in total. The zero-order chi connectivity index (χ0) is 32.6. The van der Waals surface area contributed by atoms with Crippen molar-refractivity contribution >= 4 is 11.9 Å². The first-order valence-electron chi connectivity index (χ1n) is 15.8. The lowest BCUT2D eigenvalue weighted by molar-refractivity contribution is -0.870. The number of carboxylic acid groups (broad SMARTS) is 1. The first kappa shape index (κ1) is 34.2. The van der Waals surface area contributed by atoms with Crippen molar-refractivity contribution in [2.75, 3.05) is 81.5 Å². The van der Waals surface area contributed by atoms with Crippen LogP contribution < -0.4 is 23.7 Å². The van der Waals surface area contributed by atoms with Crippen LogP contribution in [0.25, 0.3) is 0 Å². The van der Waals surface area contributed by atoms with Crippen molar-refractivity contribution < 1.29 is 42.9 Å². The maximum atomic E-state index is 13.9. The lowest BCUT2D eigenvalue weighted by Gasteiger charge is -2.30. The highest BCUT2D eigenvalue weighted by molar-refractivity contribution is 5.79. The number of methoxy groups -OCH3 is 2. The molecular weight excluding hydrogens is 578 g/mol. The summed E-state index contributed by atoms with van der Waals surface area (Å²) in [6.45, 7) is 5.11. The van der Waals surface area contributed by atoms with E-state index in [0.717, 1.165) is 42.3 Å². The van der Waals surface area contributed by atoms with Gasteiger partial charge in [0.25, 0.3) is 0 Å². The van der Waals surface area contributed by atoms with Crippen LogP contribution in [0.5, 0.6) is 28.7 Å². The minimum Gasteiger partial charge on any atom is -0.493 e. The normalized spacial score (nSPS) is 19.4. The number of nitrogens with zero attached hydrogens (tertiary/aromatic N) is 3. The lowest BCUT2D eigenvalue weighted by Crippen LogP contribution is -2.47. The smallest absolute Gasteiger partial charge is 0.308 e. The summed E-state index contributed by atoms with van der Waals surface area (Å²) in [6, 6.07) is 10.3. The minimum atomic E-state index is -0.955. The van der Waals surface area contributed by atoms with Crippen LogP contribution in [0.4, 0.5) is 0 Å². The summed E-state index contributed by atoms with van der Waals surface area (Å²) < 4.78 is 29.4. The SMILES string of the molecule is CCCCN(CCCC[N+](C)(C)C)C(=O)CN1CC(c2cc(OC)c3c(c2)OCO3)C(C(=O)O)C1COc1ccccc1OC. The zero-order valence-electron chi connectivity index (χ0n) is 27.6. The van der Waals surface area contributed by atoms with E-state index >= 15 is 0 Å². The molecule has 0 radical (unpaired) electrons. The van der Waals surface area contributed by atoms with E-state index in [1.54, 1.807) is 26.4 Å². The van der Waals surface area contributed by atoms with Crippen LogP contribution in [0.15, 0.2) is 36.4 Å². The van der Waals surface area contributed by atoms with Gasteiger partial charge >= 0.3 is 5.97 Å². The maximum Gasteiger partial charge on any atom is 0.308 e. The second-order valence-corrected chi connectivity index (χ2v) is 12.8. The molecule has 2 aromatic carbocycles. The van der Waals surface area contributed by atoms with Crippen LogP contribution >= 0.6 is 0 Å². The number of benzene rings is 2. The summed E-state index contributed by atoms with van der Waals surface area (Å²) in [5, 5.41) is 10.6. The van der Waals surface area contributed by atoms with Crippen LogP contribution in [0.2, 0.25) is 0 Å². The quantitative estimate of drug-likeness (QED) is 0.205. The number of likely N-dealkylation sites (tertiary alicyclic amines) is 1. The number of carbonyl (C=O) groups is 2. The molecular formula is C34H50N3O8+. The Morgan fingerprint density at radius 2 is 1.71 bits per heavy atom. The Labute approximate surface area is 267 Å². The van der Waals surface area contributed by atoms with Crippen LogP contribution in [-0.4, -0.2) is 119 Å². The summed E-state index contributed by atoms with van der Waals surface area (Å²) in [5.41, 5.74) is 0.754. The maximum absolute atomic E-state index is 13.9. The molecule has 0 aliphatic carbocycles. The molecule has 1 amide bonds. The van der Waals surface area contributed by atoms with Crippen molar-refractivity contribution in [1.29, 1.82) is 0 Å². The van der Waals surface area contributed by atoms with E-state index in [2.05, 4.69) is 28.1 Å². The van der Waals surface area contributed by atoms with Gasteiger partial charge in [0.05, 0.1) is 60.4 Å². The number of fused-ring (bicyclic) bond motifs is 1. The Hall–Kier alpha value is -3.70. The first-order chi connectivity index (χ1) is 21.6. The highest BCUT2D eigenvalue weighted by Crippen LogP contribution is 2.47. The molecule has 2 aliphatic rings. The molecule has 1 N–H and O–H groups in total. The average Bonchev–Trinajstić information content (AvgIpc) is 3.63. The van der Waals surface area contributed by atoms with Gasteiger partial charge in [0.1, 0.15) is 6.61 Å². The zero-order valence-corrected chi connectivity index (χ0v) is 27.6. The van der Waals surface area contributed by atoms with Crippen molar-refractivity contribution in [3.8, 4) is 28.7 Å². The predicted molar refractivity (Wildman–Crippen MR) is 170 cm³/mol. The van der Waals surface area contributed by atoms with Gasteiger partial charge < -0.3 is 38.2 Å². The van der Waals surface area contributed by atoms with Gasteiger partial charge in [0.2, 0.25) is 18.4 Å². The van der Waals surface area contributed by atoms with Gasteiger partial charge in [-0.2, -0.15) is 0 Å². The van der Waals surface area contributed by atoms with Crippen molar-refractivity contribution in [1.82, 2.24) is 9.80 Å². The molecule has 2 aliphatic heterocycles. The topological polar surface area (TPSA) is 107 Å². The van der Waals surface area contributed by atoms with Crippen molar-refractivity contribution in [2.24, 2.45) is 5.92 Å². The number of quaternary nitrogens is 1. The van der Waals surface area contributed by atoms with Gasteiger partial charge in [0.15, 0.2) is 23.0 Å². The number of unbranched alkanes of at least 4 members (excludes halogenated alkanes) is 2. The second-order valence-electron chi connectivity index (χ2n) is 12.8. The molecule has 2 heterocycles. The summed E-state index contributed by atoms with van der Waals surface area (Å²) in [5.74, 6) is 0.333. The summed E-state index contributed by atoms with van der Waals surface area (Å²) >= 11 is 0. The van der Waals surface area contributed by atoms with E-state index in [1.807, 2.05) is 34.1 Å².